The number of sulfonamides is 1. The van der Waals surface area contributed by atoms with Gasteiger partial charge in [-0.05, 0) is 67.9 Å². The highest BCUT2D eigenvalue weighted by molar-refractivity contribution is 9.10. The maximum absolute atomic E-state index is 13.3. The predicted molar refractivity (Wildman–Crippen MR) is 152 cm³/mol. The van der Waals surface area contributed by atoms with Gasteiger partial charge in [0.2, 0.25) is 0 Å². The lowest BCUT2D eigenvalue weighted by atomic mass is 10.2. The second-order valence-electron chi connectivity index (χ2n) is 8.49. The van der Waals surface area contributed by atoms with Crippen LogP contribution in [-0.2, 0) is 24.3 Å². The number of carbonyl (C=O) groups is 2. The summed E-state index contributed by atoms with van der Waals surface area (Å²) in [5.74, 6) is -0.839. The van der Waals surface area contributed by atoms with Crippen molar-refractivity contribution in [3.8, 4) is 0 Å². The van der Waals surface area contributed by atoms with Gasteiger partial charge in [0.05, 0.1) is 4.90 Å². The van der Waals surface area contributed by atoms with E-state index < -0.39 is 21.8 Å². The average molecular weight is 617 g/mol. The lowest BCUT2D eigenvalue weighted by Crippen LogP contribution is -2.33. The van der Waals surface area contributed by atoms with E-state index in [-0.39, 0.29) is 22.0 Å². The molecule has 198 valence electrons. The van der Waals surface area contributed by atoms with Gasteiger partial charge in [-0.1, -0.05) is 51.5 Å². The number of ether oxygens (including phenoxy) is 1. The van der Waals surface area contributed by atoms with Crippen LogP contribution in [0.3, 0.4) is 0 Å². The van der Waals surface area contributed by atoms with E-state index >= 15 is 0 Å². The molecule has 0 aromatic heterocycles. The molecule has 0 spiro atoms. The number of rotatable bonds is 11. The minimum Gasteiger partial charge on any atom is -0.385 e. The SMILES string of the molecule is COCCCN1C(=O)C(Nc2ccc(Br)cc2)=C(Sc2cccc(NS(=O)(=O)c3ccc(C)cc3)c2)C1=O. The van der Waals surface area contributed by atoms with E-state index in [0.29, 0.717) is 29.3 Å². The molecule has 3 aromatic carbocycles. The molecule has 2 N–H and O–H groups in total. The number of hydrogen-bond acceptors (Lipinski definition) is 7. The first kappa shape index (κ1) is 27.9. The lowest BCUT2D eigenvalue weighted by Gasteiger charge is -2.14. The van der Waals surface area contributed by atoms with Crippen LogP contribution in [0, 0.1) is 6.92 Å². The molecule has 8 nitrogen and oxygen atoms in total. The average Bonchev–Trinajstić information content (AvgIpc) is 3.09. The summed E-state index contributed by atoms with van der Waals surface area (Å²) in [5, 5.41) is 3.10. The molecule has 0 aliphatic carbocycles. The Morgan fingerprint density at radius 2 is 1.66 bits per heavy atom. The first-order valence-electron chi connectivity index (χ1n) is 11.7. The highest BCUT2D eigenvalue weighted by Crippen LogP contribution is 2.37. The number of thioether (sulfide) groups is 1. The van der Waals surface area contributed by atoms with Gasteiger partial charge in [-0.25, -0.2) is 8.42 Å². The molecule has 0 saturated heterocycles. The van der Waals surface area contributed by atoms with Crippen molar-refractivity contribution in [3.63, 3.8) is 0 Å². The zero-order chi connectivity index (χ0) is 27.3. The van der Waals surface area contributed by atoms with Crippen LogP contribution in [0.2, 0.25) is 0 Å². The molecule has 0 atom stereocenters. The van der Waals surface area contributed by atoms with Crippen LogP contribution in [0.15, 0.2) is 97.7 Å². The molecule has 2 amide bonds. The van der Waals surface area contributed by atoms with E-state index in [4.69, 9.17) is 4.74 Å². The van der Waals surface area contributed by atoms with Crippen LogP contribution in [-0.4, -0.2) is 45.4 Å². The predicted octanol–water partition coefficient (Wildman–Crippen LogP) is 5.38. The number of nitrogens with zero attached hydrogens (tertiary/aromatic N) is 1. The molecule has 11 heteroatoms. The highest BCUT2D eigenvalue weighted by atomic mass is 79.9. The Hall–Kier alpha value is -3.12. The molecule has 0 fully saturated rings. The summed E-state index contributed by atoms with van der Waals surface area (Å²) in [7, 11) is -2.24. The first-order valence-corrected chi connectivity index (χ1v) is 14.8. The smallest absolute Gasteiger partial charge is 0.278 e. The summed E-state index contributed by atoms with van der Waals surface area (Å²) in [6, 6.07) is 20.5. The second-order valence-corrected chi connectivity index (χ2v) is 12.2. The number of amides is 2. The minimum absolute atomic E-state index is 0.146. The Labute approximate surface area is 234 Å². The van der Waals surface area contributed by atoms with E-state index in [1.54, 1.807) is 67.8 Å². The van der Waals surface area contributed by atoms with Gasteiger partial charge in [-0.3, -0.25) is 19.2 Å². The van der Waals surface area contributed by atoms with E-state index in [1.807, 2.05) is 19.1 Å². The van der Waals surface area contributed by atoms with Gasteiger partial charge in [0.15, 0.2) is 0 Å². The van der Waals surface area contributed by atoms with Crippen molar-refractivity contribution in [2.75, 3.05) is 30.3 Å². The van der Waals surface area contributed by atoms with Crippen molar-refractivity contribution >= 4 is 60.9 Å². The van der Waals surface area contributed by atoms with Gasteiger partial charge in [-0.2, -0.15) is 0 Å². The molecule has 4 rings (SSSR count). The van der Waals surface area contributed by atoms with Crippen LogP contribution < -0.4 is 10.0 Å². The molecule has 38 heavy (non-hydrogen) atoms. The normalized spacial score (nSPS) is 13.8. The van der Waals surface area contributed by atoms with Crippen LogP contribution in [0.1, 0.15) is 12.0 Å². The standard InChI is InChI=1S/C27H26BrN3O5S2/c1-18-7-13-23(14-8-18)38(34,35)30-21-5-3-6-22(17-21)37-25-24(29-20-11-9-19(28)10-12-20)26(32)31(27(25)33)15-4-16-36-2/h3,5-14,17,29-30H,4,15-16H2,1-2H3. The zero-order valence-electron chi connectivity index (χ0n) is 20.7. The summed E-state index contributed by atoms with van der Waals surface area (Å²) in [6.45, 7) is 2.52. The molecule has 1 aliphatic rings. The number of aryl methyl sites for hydroxylation is 1. The quantitative estimate of drug-likeness (QED) is 0.220. The Morgan fingerprint density at radius 3 is 2.34 bits per heavy atom. The molecular weight excluding hydrogens is 590 g/mol. The van der Waals surface area contributed by atoms with Crippen LogP contribution >= 0.6 is 27.7 Å². The fraction of sp³-hybridized carbons (Fsp3) is 0.185. The van der Waals surface area contributed by atoms with E-state index in [9.17, 15) is 18.0 Å². The van der Waals surface area contributed by atoms with Crippen molar-refractivity contribution in [3.05, 3.63) is 93.4 Å². The molecule has 0 saturated carbocycles. The maximum Gasteiger partial charge on any atom is 0.278 e. The number of halogens is 1. The summed E-state index contributed by atoms with van der Waals surface area (Å²) in [6.07, 6.45) is 0.508. The third kappa shape index (κ3) is 6.65. The second kappa shape index (κ2) is 12.2. The summed E-state index contributed by atoms with van der Waals surface area (Å²) in [4.78, 5) is 28.7. The van der Waals surface area contributed by atoms with Crippen molar-refractivity contribution in [1.29, 1.82) is 0 Å². The fourth-order valence-electron chi connectivity index (χ4n) is 3.68. The number of anilines is 2. The van der Waals surface area contributed by atoms with Crippen LogP contribution in [0.25, 0.3) is 0 Å². The van der Waals surface area contributed by atoms with Crippen molar-refractivity contribution in [2.24, 2.45) is 0 Å². The minimum atomic E-state index is -3.80. The summed E-state index contributed by atoms with van der Waals surface area (Å²) >= 11 is 4.50. The molecular formula is C27H26BrN3O5S2. The Balaban J connectivity index is 1.61. The third-order valence-corrected chi connectivity index (χ3v) is 8.61. The number of nitrogens with one attached hydrogen (secondary N) is 2. The van der Waals surface area contributed by atoms with Gasteiger partial charge in [-0.15, -0.1) is 0 Å². The van der Waals surface area contributed by atoms with E-state index in [0.717, 1.165) is 21.8 Å². The lowest BCUT2D eigenvalue weighted by molar-refractivity contribution is -0.137. The van der Waals surface area contributed by atoms with Crippen molar-refractivity contribution < 1.29 is 22.7 Å². The van der Waals surface area contributed by atoms with Crippen molar-refractivity contribution in [1.82, 2.24) is 4.90 Å². The first-order chi connectivity index (χ1) is 18.2. The molecule has 0 bridgehead atoms. The highest BCUT2D eigenvalue weighted by Gasteiger charge is 2.38. The molecule has 1 heterocycles. The Bertz CT molecular complexity index is 1470. The largest absolute Gasteiger partial charge is 0.385 e. The van der Waals surface area contributed by atoms with E-state index in [2.05, 4.69) is 26.0 Å². The van der Waals surface area contributed by atoms with Gasteiger partial charge >= 0.3 is 0 Å². The molecule has 3 aromatic rings. The zero-order valence-corrected chi connectivity index (χ0v) is 24.0. The maximum atomic E-state index is 13.3. The third-order valence-electron chi connectivity index (χ3n) is 5.61. The fourth-order valence-corrected chi connectivity index (χ4v) is 6.00. The molecule has 1 aliphatic heterocycles. The summed E-state index contributed by atoms with van der Waals surface area (Å²) < 4.78 is 34.3. The van der Waals surface area contributed by atoms with Gasteiger partial charge in [0.1, 0.15) is 10.6 Å². The van der Waals surface area contributed by atoms with Gasteiger partial charge in [0.25, 0.3) is 21.8 Å². The number of imide groups is 1. The Morgan fingerprint density at radius 1 is 0.947 bits per heavy atom. The van der Waals surface area contributed by atoms with Crippen LogP contribution in [0.5, 0.6) is 0 Å². The van der Waals surface area contributed by atoms with Gasteiger partial charge in [0, 0.05) is 41.0 Å². The van der Waals surface area contributed by atoms with Crippen LogP contribution in [0.4, 0.5) is 11.4 Å². The molecule has 0 unspecified atom stereocenters. The Kier molecular flexibility index (Phi) is 8.93. The monoisotopic (exact) mass is 615 g/mol. The number of methoxy groups -OCH3 is 1. The van der Waals surface area contributed by atoms with Crippen molar-refractivity contribution in [2.45, 2.75) is 23.1 Å². The van der Waals surface area contributed by atoms with E-state index in [1.165, 1.54) is 4.90 Å². The topological polar surface area (TPSA) is 105 Å². The van der Waals surface area contributed by atoms with Gasteiger partial charge < -0.3 is 10.1 Å². The number of carbonyl (C=O) groups excluding carboxylic acids is 2. The number of hydrogen-bond donors (Lipinski definition) is 2. The molecule has 0 radical (unpaired) electrons. The summed E-state index contributed by atoms with van der Waals surface area (Å²) in [5.41, 5.74) is 2.12. The number of benzene rings is 3.